The highest BCUT2D eigenvalue weighted by Crippen LogP contribution is 2.21. The molecule has 1 N–H and O–H groups in total. The third-order valence-electron chi connectivity index (χ3n) is 3.80. The third kappa shape index (κ3) is 4.61. The average molecular weight is 321 g/mol. The van der Waals surface area contributed by atoms with Gasteiger partial charge in [-0.2, -0.15) is 0 Å². The maximum absolute atomic E-state index is 13.8. The number of benzene rings is 1. The summed E-state index contributed by atoms with van der Waals surface area (Å²) in [5.74, 6) is -0.283. The molecule has 2 rings (SSSR count). The zero-order valence-corrected chi connectivity index (χ0v) is 13.4. The Morgan fingerprint density at radius 3 is 2.83 bits per heavy atom. The van der Waals surface area contributed by atoms with Gasteiger partial charge in [-0.15, -0.1) is 0 Å². The summed E-state index contributed by atoms with van der Waals surface area (Å²) in [5, 5.41) is 2.78. The number of nitrogens with zero attached hydrogens (tertiary/aromatic N) is 2. The van der Waals surface area contributed by atoms with Gasteiger partial charge in [0, 0.05) is 30.9 Å². The molecule has 6 heteroatoms. The first kappa shape index (κ1) is 17.1. The summed E-state index contributed by atoms with van der Waals surface area (Å²) < 4.78 is 29.1. The van der Waals surface area contributed by atoms with Crippen LogP contribution >= 0.6 is 0 Å². The van der Waals surface area contributed by atoms with Gasteiger partial charge in [0.15, 0.2) is 0 Å². The van der Waals surface area contributed by atoms with Crippen molar-refractivity contribution < 1.29 is 13.6 Å². The van der Waals surface area contributed by atoms with Crippen LogP contribution in [0.3, 0.4) is 0 Å². The maximum Gasteiger partial charge on any atom is 0.220 e. The first-order valence-corrected chi connectivity index (χ1v) is 7.73. The number of carbonyl (C=O) groups is 1. The molecule has 23 heavy (non-hydrogen) atoms. The number of carbonyl (C=O) groups excluding carboxylic acids is 1. The van der Waals surface area contributed by atoms with Crippen LogP contribution in [0.15, 0.2) is 30.6 Å². The second kappa shape index (κ2) is 7.85. The van der Waals surface area contributed by atoms with Gasteiger partial charge in [-0.05, 0) is 38.0 Å². The molecule has 0 saturated carbocycles. The van der Waals surface area contributed by atoms with E-state index in [9.17, 15) is 13.6 Å². The highest BCUT2D eigenvalue weighted by Gasteiger charge is 2.17. The number of rotatable bonds is 7. The fourth-order valence-corrected chi connectivity index (χ4v) is 2.50. The van der Waals surface area contributed by atoms with Crippen LogP contribution in [0.1, 0.15) is 43.6 Å². The van der Waals surface area contributed by atoms with Crippen molar-refractivity contribution in [3.8, 4) is 0 Å². The molecule has 0 radical (unpaired) electrons. The Morgan fingerprint density at radius 2 is 2.17 bits per heavy atom. The van der Waals surface area contributed by atoms with Gasteiger partial charge in [-0.25, -0.2) is 13.8 Å². The second-order valence-electron chi connectivity index (χ2n) is 5.47. The second-order valence-corrected chi connectivity index (χ2v) is 5.47. The third-order valence-corrected chi connectivity index (χ3v) is 3.80. The normalized spacial score (nSPS) is 12.2. The molecule has 4 nitrogen and oxygen atoms in total. The standard InChI is InChI=1S/C17H21F2N3O/c1-3-16(14-11-13(18)6-7-15(14)19)21-17(23)5-4-9-22-10-8-20-12(22)2/h6-8,10-11,16H,3-5,9H2,1-2H3,(H,21,23)/t16-/m1/s1. The molecule has 124 valence electrons. The predicted octanol–water partition coefficient (Wildman–Crippen LogP) is 3.52. The molecule has 1 amide bonds. The lowest BCUT2D eigenvalue weighted by molar-refractivity contribution is -0.122. The van der Waals surface area contributed by atoms with Crippen LogP contribution < -0.4 is 5.32 Å². The minimum Gasteiger partial charge on any atom is -0.349 e. The van der Waals surface area contributed by atoms with Crippen LogP contribution in [0, 0.1) is 18.6 Å². The van der Waals surface area contributed by atoms with Crippen molar-refractivity contribution in [3.63, 3.8) is 0 Å². The van der Waals surface area contributed by atoms with Crippen molar-refractivity contribution in [2.75, 3.05) is 0 Å². The fourth-order valence-electron chi connectivity index (χ4n) is 2.50. The van der Waals surface area contributed by atoms with E-state index in [0.717, 1.165) is 24.0 Å². The van der Waals surface area contributed by atoms with Crippen LogP contribution in [0.5, 0.6) is 0 Å². The van der Waals surface area contributed by atoms with Crippen LogP contribution in [-0.2, 0) is 11.3 Å². The van der Waals surface area contributed by atoms with Crippen molar-refractivity contribution in [2.45, 2.75) is 45.7 Å². The number of aromatic nitrogens is 2. The summed E-state index contributed by atoms with van der Waals surface area (Å²) >= 11 is 0. The van der Waals surface area contributed by atoms with E-state index in [1.807, 2.05) is 24.6 Å². The van der Waals surface area contributed by atoms with Gasteiger partial charge in [-0.1, -0.05) is 6.92 Å². The minimum atomic E-state index is -0.520. The smallest absolute Gasteiger partial charge is 0.220 e. The lowest BCUT2D eigenvalue weighted by Gasteiger charge is -2.18. The molecule has 0 fully saturated rings. The molecule has 0 spiro atoms. The van der Waals surface area contributed by atoms with E-state index in [1.54, 1.807) is 6.20 Å². The van der Waals surface area contributed by atoms with Crippen molar-refractivity contribution in [2.24, 2.45) is 0 Å². The molecule has 0 aliphatic heterocycles. The molecule has 0 unspecified atom stereocenters. The van der Waals surface area contributed by atoms with E-state index < -0.39 is 17.7 Å². The summed E-state index contributed by atoms with van der Waals surface area (Å²) in [6.45, 7) is 4.43. The van der Waals surface area contributed by atoms with Crippen molar-refractivity contribution in [3.05, 3.63) is 53.6 Å². The predicted molar refractivity (Wildman–Crippen MR) is 83.7 cm³/mol. The van der Waals surface area contributed by atoms with E-state index in [0.29, 0.717) is 25.8 Å². The number of aryl methyl sites for hydroxylation is 2. The Bertz CT molecular complexity index is 670. The first-order chi connectivity index (χ1) is 11.0. The quantitative estimate of drug-likeness (QED) is 0.848. The van der Waals surface area contributed by atoms with E-state index in [-0.39, 0.29) is 11.5 Å². The van der Waals surface area contributed by atoms with Crippen molar-refractivity contribution >= 4 is 5.91 Å². The maximum atomic E-state index is 13.8. The summed E-state index contributed by atoms with van der Waals surface area (Å²) in [5.41, 5.74) is 0.186. The van der Waals surface area contributed by atoms with E-state index >= 15 is 0 Å². The summed E-state index contributed by atoms with van der Waals surface area (Å²) in [4.78, 5) is 16.2. The molecule has 0 bridgehead atoms. The molecule has 1 aromatic carbocycles. The zero-order valence-electron chi connectivity index (χ0n) is 13.4. The van der Waals surface area contributed by atoms with E-state index in [1.165, 1.54) is 0 Å². The molecular weight excluding hydrogens is 300 g/mol. The fraction of sp³-hybridized carbons (Fsp3) is 0.412. The van der Waals surface area contributed by atoms with Crippen molar-refractivity contribution in [1.82, 2.24) is 14.9 Å². The molecule has 0 aliphatic rings. The number of hydrogen-bond donors (Lipinski definition) is 1. The Labute approximate surface area is 134 Å². The molecule has 1 heterocycles. The van der Waals surface area contributed by atoms with Gasteiger partial charge < -0.3 is 9.88 Å². The summed E-state index contributed by atoms with van der Waals surface area (Å²) in [6, 6.07) is 2.77. The van der Waals surface area contributed by atoms with Gasteiger partial charge in [0.25, 0.3) is 0 Å². The molecule has 0 saturated heterocycles. The van der Waals surface area contributed by atoms with E-state index in [2.05, 4.69) is 10.3 Å². The number of hydrogen-bond acceptors (Lipinski definition) is 2. The first-order valence-electron chi connectivity index (χ1n) is 7.73. The Kier molecular flexibility index (Phi) is 5.84. The Hall–Kier alpha value is -2.24. The topological polar surface area (TPSA) is 46.9 Å². The number of nitrogens with one attached hydrogen (secondary N) is 1. The molecule has 1 aromatic heterocycles. The van der Waals surface area contributed by atoms with Crippen LogP contribution in [-0.4, -0.2) is 15.5 Å². The summed E-state index contributed by atoms with van der Waals surface area (Å²) in [6.07, 6.45) is 5.06. The van der Waals surface area contributed by atoms with Crippen LogP contribution in [0.25, 0.3) is 0 Å². The SMILES string of the molecule is CC[C@@H](NC(=O)CCCn1ccnc1C)c1cc(F)ccc1F. The van der Waals surface area contributed by atoms with Crippen molar-refractivity contribution in [1.29, 1.82) is 0 Å². The largest absolute Gasteiger partial charge is 0.349 e. The lowest BCUT2D eigenvalue weighted by Crippen LogP contribution is -2.28. The highest BCUT2D eigenvalue weighted by molar-refractivity contribution is 5.76. The minimum absolute atomic E-state index is 0.168. The van der Waals surface area contributed by atoms with Crippen LogP contribution in [0.2, 0.25) is 0 Å². The van der Waals surface area contributed by atoms with E-state index in [4.69, 9.17) is 0 Å². The van der Waals surface area contributed by atoms with Gasteiger partial charge in [0.2, 0.25) is 5.91 Å². The number of halogens is 2. The summed E-state index contributed by atoms with van der Waals surface area (Å²) in [7, 11) is 0. The van der Waals surface area contributed by atoms with Gasteiger partial charge in [0.1, 0.15) is 17.5 Å². The molecule has 2 aromatic rings. The number of amides is 1. The van der Waals surface area contributed by atoms with Gasteiger partial charge in [-0.3, -0.25) is 4.79 Å². The average Bonchev–Trinajstić information content (AvgIpc) is 2.93. The Balaban J connectivity index is 1.89. The van der Waals surface area contributed by atoms with Gasteiger partial charge >= 0.3 is 0 Å². The number of imidazole rings is 1. The molecule has 0 aliphatic carbocycles. The Morgan fingerprint density at radius 1 is 1.39 bits per heavy atom. The highest BCUT2D eigenvalue weighted by atomic mass is 19.1. The molecule has 1 atom stereocenters. The van der Waals surface area contributed by atoms with Gasteiger partial charge in [0.05, 0.1) is 6.04 Å². The lowest BCUT2D eigenvalue weighted by atomic mass is 10.0. The van der Waals surface area contributed by atoms with Crippen LogP contribution in [0.4, 0.5) is 8.78 Å². The zero-order chi connectivity index (χ0) is 16.8. The monoisotopic (exact) mass is 321 g/mol. The molecular formula is C17H21F2N3O.